The molecule has 25 heavy (non-hydrogen) atoms. The molecule has 1 spiro atoms. The molecule has 0 radical (unpaired) electrons. The maximum Gasteiger partial charge on any atom is 0.302 e. The summed E-state index contributed by atoms with van der Waals surface area (Å²) >= 11 is 0. The van der Waals surface area contributed by atoms with E-state index in [2.05, 4.69) is 9.44 Å². The molecule has 2 aromatic carbocycles. The lowest BCUT2D eigenvalue weighted by atomic mass is 9.77. The Labute approximate surface area is 146 Å². The third-order valence-corrected chi connectivity index (χ3v) is 5.62. The van der Waals surface area contributed by atoms with Crippen molar-refractivity contribution in [2.75, 3.05) is 0 Å². The molecule has 2 heterocycles. The molecule has 1 unspecified atom stereocenters. The molecule has 6 nitrogen and oxygen atoms in total. The van der Waals surface area contributed by atoms with Crippen molar-refractivity contribution in [3.05, 3.63) is 54.1 Å². The normalized spacial score (nSPS) is 25.9. The highest BCUT2D eigenvalue weighted by molar-refractivity contribution is 7.88. The van der Waals surface area contributed by atoms with Crippen LogP contribution in [0, 0.1) is 0 Å². The van der Waals surface area contributed by atoms with Crippen LogP contribution >= 0.6 is 0 Å². The van der Waals surface area contributed by atoms with Crippen LogP contribution in [-0.2, 0) is 20.5 Å². The average Bonchev–Trinajstić information content (AvgIpc) is 2.75. The molecule has 1 amide bonds. The van der Waals surface area contributed by atoms with E-state index in [1.54, 1.807) is 6.07 Å². The van der Waals surface area contributed by atoms with Crippen LogP contribution in [0.15, 0.2) is 48.5 Å². The number of ether oxygens (including phenoxy) is 1. The smallest absolute Gasteiger partial charge is 0.302 e. The summed E-state index contributed by atoms with van der Waals surface area (Å²) in [5, 5.41) is 0. The van der Waals surface area contributed by atoms with Gasteiger partial charge in [0.25, 0.3) is 5.91 Å². The Morgan fingerprint density at radius 3 is 2.40 bits per heavy atom. The Balaban J connectivity index is 1.93. The quantitative estimate of drug-likeness (QED) is 0.817. The number of fused-ring (bicyclic) bond motifs is 2. The summed E-state index contributed by atoms with van der Waals surface area (Å²) < 4.78 is 34.6. The lowest BCUT2D eigenvalue weighted by molar-refractivity contribution is -0.127. The van der Waals surface area contributed by atoms with Crippen molar-refractivity contribution in [3.63, 3.8) is 0 Å². The second kappa shape index (κ2) is 5.06. The largest absolute Gasteiger partial charge is 0.487 e. The summed E-state index contributed by atoms with van der Waals surface area (Å²) in [6.07, 6.45) is 0.205. The van der Waals surface area contributed by atoms with Crippen LogP contribution in [0.3, 0.4) is 0 Å². The molecule has 0 aromatic heterocycles. The molecular formula is C18H18N2O4S. The predicted octanol–water partition coefficient (Wildman–Crippen LogP) is 2.07. The van der Waals surface area contributed by atoms with E-state index in [0.717, 1.165) is 11.1 Å². The van der Waals surface area contributed by atoms with Crippen molar-refractivity contribution >= 4 is 16.1 Å². The number of rotatable bonds is 1. The Kier molecular flexibility index (Phi) is 3.26. The Bertz CT molecular complexity index is 970. The van der Waals surface area contributed by atoms with Crippen LogP contribution in [0.2, 0.25) is 0 Å². The van der Waals surface area contributed by atoms with Gasteiger partial charge in [-0.05, 0) is 37.1 Å². The highest BCUT2D eigenvalue weighted by atomic mass is 32.2. The molecule has 0 saturated carbocycles. The molecule has 2 aliphatic rings. The van der Waals surface area contributed by atoms with E-state index in [1.165, 1.54) is 0 Å². The molecular weight excluding hydrogens is 340 g/mol. The standard InChI is InChI=1S/C18H18N2O4S/c1-17(2)11-18(16(21)19-25(22,23)20-18)14-10-13(8-9-15(14)24-17)12-6-4-3-5-7-12/h3-10,20H,11H2,1-2H3,(H,19,21). The topological polar surface area (TPSA) is 84.5 Å². The van der Waals surface area contributed by atoms with Gasteiger partial charge in [-0.1, -0.05) is 36.4 Å². The number of carbonyl (C=O) groups excluding carboxylic acids is 1. The van der Waals surface area contributed by atoms with Crippen LogP contribution in [0.25, 0.3) is 11.1 Å². The lowest BCUT2D eigenvalue weighted by Crippen LogP contribution is -2.53. The van der Waals surface area contributed by atoms with Gasteiger partial charge in [0.15, 0.2) is 0 Å². The zero-order chi connectivity index (χ0) is 17.9. The summed E-state index contributed by atoms with van der Waals surface area (Å²) in [5.74, 6) is -0.0639. The molecule has 4 rings (SSSR count). The molecule has 2 aromatic rings. The van der Waals surface area contributed by atoms with Gasteiger partial charge in [0.1, 0.15) is 16.9 Å². The van der Waals surface area contributed by atoms with Crippen LogP contribution < -0.4 is 14.2 Å². The van der Waals surface area contributed by atoms with Gasteiger partial charge in [0, 0.05) is 12.0 Å². The van der Waals surface area contributed by atoms with E-state index in [1.807, 2.05) is 56.3 Å². The third kappa shape index (κ3) is 2.60. The molecule has 1 atom stereocenters. The number of amides is 1. The van der Waals surface area contributed by atoms with Crippen molar-refractivity contribution in [3.8, 4) is 16.9 Å². The SMILES string of the molecule is CC1(C)CC2(NS(=O)(=O)NC2=O)c2cc(-c3ccccc3)ccc2O1. The fourth-order valence-corrected chi connectivity index (χ4v) is 4.84. The molecule has 0 aliphatic carbocycles. The first-order valence-electron chi connectivity index (χ1n) is 7.96. The first-order valence-corrected chi connectivity index (χ1v) is 9.44. The molecule has 1 saturated heterocycles. The van der Waals surface area contributed by atoms with Crippen molar-refractivity contribution in [2.24, 2.45) is 0 Å². The van der Waals surface area contributed by atoms with E-state index in [0.29, 0.717) is 11.3 Å². The predicted molar refractivity (Wildman–Crippen MR) is 93.1 cm³/mol. The monoisotopic (exact) mass is 358 g/mol. The maximum absolute atomic E-state index is 12.7. The summed E-state index contributed by atoms with van der Waals surface area (Å²) in [7, 11) is -3.88. The number of hydrogen-bond acceptors (Lipinski definition) is 4. The highest BCUT2D eigenvalue weighted by Crippen LogP contribution is 2.46. The molecule has 2 aliphatic heterocycles. The van der Waals surface area contributed by atoms with Crippen LogP contribution in [0.1, 0.15) is 25.8 Å². The van der Waals surface area contributed by atoms with Gasteiger partial charge in [-0.15, -0.1) is 0 Å². The number of hydrogen-bond donors (Lipinski definition) is 2. The summed E-state index contributed by atoms with van der Waals surface area (Å²) in [4.78, 5) is 12.7. The van der Waals surface area contributed by atoms with Crippen LogP contribution in [0.4, 0.5) is 0 Å². The number of benzene rings is 2. The summed E-state index contributed by atoms with van der Waals surface area (Å²) in [6.45, 7) is 3.67. The Hall–Kier alpha value is -2.38. The van der Waals surface area contributed by atoms with E-state index in [9.17, 15) is 13.2 Å². The van der Waals surface area contributed by atoms with Crippen LogP contribution in [-0.4, -0.2) is 19.9 Å². The second-order valence-electron chi connectivity index (χ2n) is 7.06. The lowest BCUT2D eigenvalue weighted by Gasteiger charge is -2.41. The van der Waals surface area contributed by atoms with E-state index in [4.69, 9.17) is 4.74 Å². The van der Waals surface area contributed by atoms with Gasteiger partial charge in [-0.3, -0.25) is 4.79 Å². The van der Waals surface area contributed by atoms with Gasteiger partial charge in [-0.2, -0.15) is 13.1 Å². The fourth-order valence-electron chi connectivity index (χ4n) is 3.63. The molecule has 130 valence electrons. The average molecular weight is 358 g/mol. The zero-order valence-corrected chi connectivity index (χ0v) is 14.7. The first kappa shape index (κ1) is 16.1. The van der Waals surface area contributed by atoms with E-state index in [-0.39, 0.29) is 6.42 Å². The minimum Gasteiger partial charge on any atom is -0.487 e. The molecule has 7 heteroatoms. The second-order valence-corrected chi connectivity index (χ2v) is 8.47. The van der Waals surface area contributed by atoms with Crippen molar-refractivity contribution in [2.45, 2.75) is 31.4 Å². The molecule has 0 bridgehead atoms. The van der Waals surface area contributed by atoms with E-state index >= 15 is 0 Å². The van der Waals surface area contributed by atoms with Crippen molar-refractivity contribution in [1.82, 2.24) is 9.44 Å². The van der Waals surface area contributed by atoms with Gasteiger partial charge in [-0.25, -0.2) is 4.72 Å². The fraction of sp³-hybridized carbons (Fsp3) is 0.278. The Morgan fingerprint density at radius 2 is 1.76 bits per heavy atom. The highest BCUT2D eigenvalue weighted by Gasteiger charge is 2.57. The summed E-state index contributed by atoms with van der Waals surface area (Å²) in [5.41, 5.74) is 0.353. The van der Waals surface area contributed by atoms with E-state index < -0.39 is 27.3 Å². The van der Waals surface area contributed by atoms with Crippen molar-refractivity contribution in [1.29, 1.82) is 0 Å². The molecule has 1 fully saturated rings. The van der Waals surface area contributed by atoms with Gasteiger partial charge in [0.05, 0.1) is 0 Å². The Morgan fingerprint density at radius 1 is 1.04 bits per heavy atom. The molecule has 2 N–H and O–H groups in total. The van der Waals surface area contributed by atoms with Crippen molar-refractivity contribution < 1.29 is 17.9 Å². The van der Waals surface area contributed by atoms with Crippen LogP contribution in [0.5, 0.6) is 5.75 Å². The third-order valence-electron chi connectivity index (χ3n) is 4.55. The van der Waals surface area contributed by atoms with Gasteiger partial charge < -0.3 is 4.74 Å². The number of nitrogens with one attached hydrogen (secondary N) is 2. The summed E-state index contributed by atoms with van der Waals surface area (Å²) in [6, 6.07) is 15.2. The number of carbonyl (C=O) groups is 1. The zero-order valence-electron chi connectivity index (χ0n) is 13.9. The minimum atomic E-state index is -3.88. The van der Waals surface area contributed by atoms with Gasteiger partial charge >= 0.3 is 10.2 Å². The van der Waals surface area contributed by atoms with Gasteiger partial charge in [0.2, 0.25) is 0 Å². The maximum atomic E-state index is 12.7. The minimum absolute atomic E-state index is 0.205. The first-order chi connectivity index (χ1) is 11.7.